The van der Waals surface area contributed by atoms with Crippen molar-refractivity contribution in [3.8, 4) is 0 Å². The molecule has 3 heterocycles. The zero-order valence-electron chi connectivity index (χ0n) is 7.22. The van der Waals surface area contributed by atoms with Crippen molar-refractivity contribution in [3.05, 3.63) is 28.8 Å². The molecule has 7 heteroatoms. The SMILES string of the molecule is Clc1ccc2nc(Cl)c3nncn3c2n1. The average Bonchev–Trinajstić information content (AvgIpc) is 2.69. The topological polar surface area (TPSA) is 56.0 Å². The van der Waals surface area contributed by atoms with Gasteiger partial charge in [0, 0.05) is 0 Å². The van der Waals surface area contributed by atoms with Gasteiger partial charge >= 0.3 is 0 Å². The van der Waals surface area contributed by atoms with Crippen molar-refractivity contribution >= 4 is 40.0 Å². The van der Waals surface area contributed by atoms with Crippen molar-refractivity contribution in [2.75, 3.05) is 0 Å². The standard InChI is InChI=1S/C8H3Cl2N5/c9-5-2-1-4-7(13-5)15-3-11-14-8(15)6(10)12-4/h1-3H. The van der Waals surface area contributed by atoms with Crippen molar-refractivity contribution in [1.29, 1.82) is 0 Å². The summed E-state index contributed by atoms with van der Waals surface area (Å²) in [5.41, 5.74) is 1.71. The molecule has 0 aliphatic heterocycles. The molecule has 0 aliphatic rings. The molecule has 0 saturated heterocycles. The van der Waals surface area contributed by atoms with Gasteiger partial charge in [-0.15, -0.1) is 10.2 Å². The second kappa shape index (κ2) is 3.01. The molecule has 15 heavy (non-hydrogen) atoms. The number of halogens is 2. The molecule has 0 saturated carbocycles. The van der Waals surface area contributed by atoms with Crippen molar-refractivity contribution in [2.24, 2.45) is 0 Å². The van der Waals surface area contributed by atoms with Gasteiger partial charge in [0.2, 0.25) is 0 Å². The minimum absolute atomic E-state index is 0.295. The van der Waals surface area contributed by atoms with Crippen LogP contribution in [0.25, 0.3) is 16.8 Å². The predicted molar refractivity (Wildman–Crippen MR) is 56.1 cm³/mol. The summed E-state index contributed by atoms with van der Waals surface area (Å²) < 4.78 is 1.65. The summed E-state index contributed by atoms with van der Waals surface area (Å²) >= 11 is 11.7. The van der Waals surface area contributed by atoms with Crippen molar-refractivity contribution in [1.82, 2.24) is 24.6 Å². The molecule has 0 spiro atoms. The average molecular weight is 240 g/mol. The summed E-state index contributed by atoms with van der Waals surface area (Å²) in [6.45, 7) is 0. The van der Waals surface area contributed by atoms with E-state index < -0.39 is 0 Å². The molecule has 0 radical (unpaired) electrons. The summed E-state index contributed by atoms with van der Waals surface area (Å²) in [7, 11) is 0. The Bertz CT molecular complexity index is 662. The molecule has 3 aromatic rings. The number of hydrogen-bond acceptors (Lipinski definition) is 4. The smallest absolute Gasteiger partial charge is 0.200 e. The van der Waals surface area contributed by atoms with Crippen LogP contribution in [0.5, 0.6) is 0 Å². The minimum Gasteiger partial charge on any atom is -0.261 e. The third kappa shape index (κ3) is 1.24. The van der Waals surface area contributed by atoms with Crippen LogP contribution in [-0.2, 0) is 0 Å². The Morgan fingerprint density at radius 2 is 1.93 bits per heavy atom. The summed E-state index contributed by atoms with van der Waals surface area (Å²) in [4.78, 5) is 8.28. The Hall–Kier alpha value is -1.46. The Morgan fingerprint density at radius 1 is 1.07 bits per heavy atom. The van der Waals surface area contributed by atoms with Gasteiger partial charge in [-0.25, -0.2) is 9.97 Å². The second-order valence-electron chi connectivity index (χ2n) is 2.90. The quantitative estimate of drug-likeness (QED) is 0.563. The molecule has 74 valence electrons. The second-order valence-corrected chi connectivity index (χ2v) is 3.65. The lowest BCUT2D eigenvalue weighted by Crippen LogP contribution is -1.94. The highest BCUT2D eigenvalue weighted by Gasteiger charge is 2.09. The molecule has 3 aromatic heterocycles. The number of aromatic nitrogens is 5. The minimum atomic E-state index is 0.295. The molecule has 0 aliphatic carbocycles. The summed E-state index contributed by atoms with van der Waals surface area (Å²) in [5.74, 6) is 0. The summed E-state index contributed by atoms with van der Waals surface area (Å²) in [6, 6.07) is 3.40. The van der Waals surface area contributed by atoms with E-state index >= 15 is 0 Å². The van der Waals surface area contributed by atoms with E-state index in [0.717, 1.165) is 0 Å². The largest absolute Gasteiger partial charge is 0.261 e. The fourth-order valence-electron chi connectivity index (χ4n) is 1.37. The van der Waals surface area contributed by atoms with E-state index in [1.807, 2.05) is 0 Å². The molecule has 5 nitrogen and oxygen atoms in total. The van der Waals surface area contributed by atoms with Crippen LogP contribution < -0.4 is 0 Å². The first-order valence-corrected chi connectivity index (χ1v) is 4.83. The Balaban J connectivity index is 2.61. The molecule has 0 amide bonds. The Labute approximate surface area is 93.7 Å². The first-order valence-electron chi connectivity index (χ1n) is 4.07. The van der Waals surface area contributed by atoms with Crippen LogP contribution in [0.4, 0.5) is 0 Å². The van der Waals surface area contributed by atoms with E-state index in [4.69, 9.17) is 23.2 Å². The lowest BCUT2D eigenvalue weighted by molar-refractivity contribution is 1.10. The van der Waals surface area contributed by atoms with Gasteiger partial charge in [-0.3, -0.25) is 4.40 Å². The highest BCUT2D eigenvalue weighted by Crippen LogP contribution is 2.19. The van der Waals surface area contributed by atoms with Gasteiger partial charge < -0.3 is 0 Å². The van der Waals surface area contributed by atoms with Crippen LogP contribution in [0.15, 0.2) is 18.5 Å². The lowest BCUT2D eigenvalue weighted by atomic mass is 10.4. The van der Waals surface area contributed by atoms with Crippen molar-refractivity contribution in [2.45, 2.75) is 0 Å². The van der Waals surface area contributed by atoms with Crippen LogP contribution >= 0.6 is 23.2 Å². The fraction of sp³-hybridized carbons (Fsp3) is 0. The summed E-state index contributed by atoms with van der Waals surface area (Å²) in [6.07, 6.45) is 1.52. The Kier molecular flexibility index (Phi) is 1.77. The van der Waals surface area contributed by atoms with Crippen LogP contribution in [-0.4, -0.2) is 24.6 Å². The zero-order chi connectivity index (χ0) is 10.4. The molecule has 0 fully saturated rings. The van der Waals surface area contributed by atoms with Gasteiger partial charge in [-0.2, -0.15) is 0 Å². The number of rotatable bonds is 0. The van der Waals surface area contributed by atoms with Gasteiger partial charge in [0.15, 0.2) is 16.4 Å². The monoisotopic (exact) mass is 239 g/mol. The third-order valence-corrected chi connectivity index (χ3v) is 2.46. The predicted octanol–water partition coefficient (Wildman–Crippen LogP) is 1.98. The first-order chi connectivity index (χ1) is 7.25. The van der Waals surface area contributed by atoms with E-state index in [-0.39, 0.29) is 0 Å². The molecule has 0 bridgehead atoms. The molecular weight excluding hydrogens is 237 g/mol. The number of pyridine rings is 1. The van der Waals surface area contributed by atoms with Crippen LogP contribution in [0.3, 0.4) is 0 Å². The van der Waals surface area contributed by atoms with Crippen LogP contribution in [0.1, 0.15) is 0 Å². The molecule has 3 rings (SSSR count). The maximum absolute atomic E-state index is 5.92. The highest BCUT2D eigenvalue weighted by atomic mass is 35.5. The van der Waals surface area contributed by atoms with Crippen LogP contribution in [0.2, 0.25) is 10.3 Å². The molecule has 0 aromatic carbocycles. The normalized spacial score (nSPS) is 11.3. The molecule has 0 N–H and O–H groups in total. The fourth-order valence-corrected chi connectivity index (χ4v) is 1.73. The van der Waals surface area contributed by atoms with E-state index in [2.05, 4.69) is 20.2 Å². The van der Waals surface area contributed by atoms with Crippen LogP contribution in [0, 0.1) is 0 Å². The van der Waals surface area contributed by atoms with Gasteiger partial charge in [-0.1, -0.05) is 23.2 Å². The lowest BCUT2D eigenvalue weighted by Gasteiger charge is -2.00. The summed E-state index contributed by atoms with van der Waals surface area (Å²) in [5, 5.41) is 8.27. The number of fused-ring (bicyclic) bond motifs is 3. The van der Waals surface area contributed by atoms with E-state index in [9.17, 15) is 0 Å². The van der Waals surface area contributed by atoms with Crippen molar-refractivity contribution in [3.63, 3.8) is 0 Å². The maximum atomic E-state index is 5.92. The zero-order valence-corrected chi connectivity index (χ0v) is 8.74. The van der Waals surface area contributed by atoms with Gasteiger partial charge in [0.05, 0.1) is 0 Å². The van der Waals surface area contributed by atoms with Gasteiger partial charge in [0.25, 0.3) is 0 Å². The van der Waals surface area contributed by atoms with Crippen molar-refractivity contribution < 1.29 is 0 Å². The molecule has 0 atom stereocenters. The van der Waals surface area contributed by atoms with E-state index in [0.29, 0.717) is 27.1 Å². The van der Waals surface area contributed by atoms with Gasteiger partial charge in [-0.05, 0) is 12.1 Å². The van der Waals surface area contributed by atoms with E-state index in [1.165, 1.54) is 6.33 Å². The van der Waals surface area contributed by atoms with E-state index in [1.54, 1.807) is 16.5 Å². The third-order valence-electron chi connectivity index (χ3n) is 2.00. The Morgan fingerprint density at radius 3 is 2.80 bits per heavy atom. The highest BCUT2D eigenvalue weighted by molar-refractivity contribution is 6.32. The number of nitrogens with zero attached hydrogens (tertiary/aromatic N) is 5. The first kappa shape index (κ1) is 8.82. The maximum Gasteiger partial charge on any atom is 0.200 e. The molecule has 0 unspecified atom stereocenters. The molecular formula is C8H3Cl2N5. The van der Waals surface area contributed by atoms with Gasteiger partial charge in [0.1, 0.15) is 17.0 Å². The number of hydrogen-bond donors (Lipinski definition) is 0.